The maximum atomic E-state index is 13.1. The Morgan fingerprint density at radius 3 is 2.57 bits per heavy atom. The molecule has 0 radical (unpaired) electrons. The van der Waals surface area contributed by atoms with Crippen LogP contribution in [0.1, 0.15) is 24.0 Å². The fraction of sp³-hybridized carbons (Fsp3) is 0.292. The van der Waals surface area contributed by atoms with Gasteiger partial charge in [0.25, 0.3) is 0 Å². The van der Waals surface area contributed by atoms with Crippen LogP contribution in [0.3, 0.4) is 0 Å². The molecular weight excluding hydrogens is 351 g/mol. The molecule has 1 saturated heterocycles. The Balaban J connectivity index is 1.32. The van der Waals surface area contributed by atoms with E-state index in [0.717, 1.165) is 43.6 Å². The third kappa shape index (κ3) is 4.57. The van der Waals surface area contributed by atoms with Crippen LogP contribution < -0.4 is 5.32 Å². The first-order chi connectivity index (χ1) is 13.7. The molecule has 1 fully saturated rings. The van der Waals surface area contributed by atoms with Gasteiger partial charge >= 0.3 is 0 Å². The fourth-order valence-corrected chi connectivity index (χ4v) is 3.94. The van der Waals surface area contributed by atoms with Crippen LogP contribution in [0.2, 0.25) is 0 Å². The molecule has 0 spiro atoms. The summed E-state index contributed by atoms with van der Waals surface area (Å²) in [6.07, 6.45) is 1.93. The molecule has 4 heteroatoms. The number of hydrogen-bond donors (Lipinski definition) is 1. The highest BCUT2D eigenvalue weighted by Crippen LogP contribution is 2.20. The summed E-state index contributed by atoms with van der Waals surface area (Å²) in [6, 6.07) is 21.2. The second kappa shape index (κ2) is 8.53. The van der Waals surface area contributed by atoms with E-state index in [-0.39, 0.29) is 17.6 Å². The van der Waals surface area contributed by atoms with Gasteiger partial charge in [0.2, 0.25) is 5.91 Å². The molecule has 0 unspecified atom stereocenters. The Kier molecular flexibility index (Phi) is 5.68. The number of piperidine rings is 1. The van der Waals surface area contributed by atoms with Crippen molar-refractivity contribution in [1.82, 2.24) is 10.2 Å². The summed E-state index contributed by atoms with van der Waals surface area (Å²) in [5.41, 5.74) is 2.20. The van der Waals surface area contributed by atoms with E-state index in [4.69, 9.17) is 0 Å². The molecule has 1 atom stereocenters. The average Bonchev–Trinajstić information content (AvgIpc) is 2.74. The minimum atomic E-state index is -0.215. The van der Waals surface area contributed by atoms with E-state index in [1.807, 2.05) is 24.3 Å². The van der Waals surface area contributed by atoms with Crippen LogP contribution in [0.5, 0.6) is 0 Å². The van der Waals surface area contributed by atoms with Gasteiger partial charge in [0, 0.05) is 19.6 Å². The molecule has 0 aliphatic carbocycles. The minimum absolute atomic E-state index is 0.00894. The zero-order valence-corrected chi connectivity index (χ0v) is 15.9. The Labute approximate surface area is 165 Å². The zero-order valence-electron chi connectivity index (χ0n) is 15.9. The van der Waals surface area contributed by atoms with Gasteiger partial charge in [0.15, 0.2) is 0 Å². The van der Waals surface area contributed by atoms with Crippen molar-refractivity contribution in [1.29, 1.82) is 0 Å². The van der Waals surface area contributed by atoms with Crippen LogP contribution >= 0.6 is 0 Å². The van der Waals surface area contributed by atoms with Crippen molar-refractivity contribution in [3.8, 4) is 0 Å². The monoisotopic (exact) mass is 376 g/mol. The highest BCUT2D eigenvalue weighted by molar-refractivity contribution is 5.83. The van der Waals surface area contributed by atoms with Crippen LogP contribution in [0.15, 0.2) is 66.7 Å². The summed E-state index contributed by atoms with van der Waals surface area (Å²) in [5, 5.41) is 5.51. The molecule has 1 heterocycles. The molecule has 1 N–H and O–H groups in total. The average molecular weight is 376 g/mol. The van der Waals surface area contributed by atoms with E-state index >= 15 is 0 Å². The van der Waals surface area contributed by atoms with E-state index in [1.165, 1.54) is 22.9 Å². The number of nitrogens with zero attached hydrogens (tertiary/aromatic N) is 1. The lowest BCUT2D eigenvalue weighted by Crippen LogP contribution is -2.42. The number of benzene rings is 3. The number of likely N-dealkylation sites (tertiary alicyclic amines) is 1. The maximum absolute atomic E-state index is 13.1. The van der Waals surface area contributed by atoms with Crippen molar-refractivity contribution in [2.45, 2.75) is 25.9 Å². The lowest BCUT2D eigenvalue weighted by atomic mass is 9.96. The van der Waals surface area contributed by atoms with Crippen LogP contribution in [0, 0.1) is 11.7 Å². The summed E-state index contributed by atoms with van der Waals surface area (Å²) in [7, 11) is 0. The summed E-state index contributed by atoms with van der Waals surface area (Å²) in [5.74, 6) is -0.0834. The Bertz CT molecular complexity index is 954. The third-order valence-corrected chi connectivity index (χ3v) is 5.48. The zero-order chi connectivity index (χ0) is 19.3. The molecule has 0 bridgehead atoms. The van der Waals surface area contributed by atoms with Crippen molar-refractivity contribution < 1.29 is 9.18 Å². The van der Waals surface area contributed by atoms with Crippen molar-refractivity contribution in [3.63, 3.8) is 0 Å². The summed E-state index contributed by atoms with van der Waals surface area (Å²) < 4.78 is 13.1. The van der Waals surface area contributed by atoms with Crippen molar-refractivity contribution in [2.24, 2.45) is 5.92 Å². The van der Waals surface area contributed by atoms with E-state index < -0.39 is 0 Å². The molecule has 1 amide bonds. The number of nitrogens with one attached hydrogen (secondary N) is 1. The fourth-order valence-electron chi connectivity index (χ4n) is 3.94. The Hall–Kier alpha value is -2.72. The van der Waals surface area contributed by atoms with E-state index in [9.17, 15) is 9.18 Å². The van der Waals surface area contributed by atoms with Crippen LogP contribution in [0.25, 0.3) is 10.8 Å². The number of amides is 1. The molecule has 1 aliphatic rings. The first kappa shape index (κ1) is 18.6. The van der Waals surface area contributed by atoms with Gasteiger partial charge in [-0.1, -0.05) is 48.5 Å². The number of carbonyl (C=O) groups is 1. The molecule has 3 nitrogen and oxygen atoms in total. The van der Waals surface area contributed by atoms with E-state index in [2.05, 4.69) is 40.5 Å². The van der Waals surface area contributed by atoms with Gasteiger partial charge < -0.3 is 5.32 Å². The molecule has 3 aromatic carbocycles. The van der Waals surface area contributed by atoms with Crippen LogP contribution in [-0.2, 0) is 17.9 Å². The summed E-state index contributed by atoms with van der Waals surface area (Å²) in [6.45, 7) is 3.04. The van der Waals surface area contributed by atoms with Crippen molar-refractivity contribution >= 4 is 16.7 Å². The molecule has 28 heavy (non-hydrogen) atoms. The molecular formula is C24H25FN2O. The number of hydrogen-bond acceptors (Lipinski definition) is 2. The predicted molar refractivity (Wildman–Crippen MR) is 110 cm³/mol. The minimum Gasteiger partial charge on any atom is -0.352 e. The second-order valence-electron chi connectivity index (χ2n) is 7.60. The second-order valence-corrected chi connectivity index (χ2v) is 7.60. The molecule has 144 valence electrons. The Morgan fingerprint density at radius 2 is 1.75 bits per heavy atom. The molecule has 0 saturated carbocycles. The van der Waals surface area contributed by atoms with Gasteiger partial charge in [-0.2, -0.15) is 0 Å². The topological polar surface area (TPSA) is 32.3 Å². The number of rotatable bonds is 5. The molecule has 0 aromatic heterocycles. The van der Waals surface area contributed by atoms with Gasteiger partial charge in [-0.25, -0.2) is 4.39 Å². The first-order valence-electron chi connectivity index (χ1n) is 9.89. The van der Waals surface area contributed by atoms with Crippen LogP contribution in [0.4, 0.5) is 4.39 Å². The third-order valence-electron chi connectivity index (χ3n) is 5.48. The largest absolute Gasteiger partial charge is 0.352 e. The predicted octanol–water partition coefficient (Wildman–Crippen LogP) is 4.51. The van der Waals surface area contributed by atoms with Crippen LogP contribution in [-0.4, -0.2) is 23.9 Å². The van der Waals surface area contributed by atoms with Crippen molar-refractivity contribution in [2.75, 3.05) is 13.1 Å². The van der Waals surface area contributed by atoms with Gasteiger partial charge in [-0.3, -0.25) is 9.69 Å². The number of halogens is 1. The smallest absolute Gasteiger partial charge is 0.224 e. The quantitative estimate of drug-likeness (QED) is 0.711. The van der Waals surface area contributed by atoms with E-state index in [1.54, 1.807) is 0 Å². The standard InChI is InChI=1S/C24H25FN2O/c25-23-11-8-18(9-12-23)16-27-13-3-6-22(17-27)24(28)26-15-19-7-10-20-4-1-2-5-21(20)14-19/h1-2,4-5,7-12,14,22H,3,6,13,15-17H2,(H,26,28)/t22-/m0/s1. The lowest BCUT2D eigenvalue weighted by molar-refractivity contribution is -0.126. The maximum Gasteiger partial charge on any atom is 0.224 e. The number of fused-ring (bicyclic) bond motifs is 1. The molecule has 4 rings (SSSR count). The van der Waals surface area contributed by atoms with Crippen molar-refractivity contribution in [3.05, 3.63) is 83.7 Å². The Morgan fingerprint density at radius 1 is 1.00 bits per heavy atom. The lowest BCUT2D eigenvalue weighted by Gasteiger charge is -2.32. The highest BCUT2D eigenvalue weighted by Gasteiger charge is 2.25. The molecule has 1 aliphatic heterocycles. The van der Waals surface area contributed by atoms with Gasteiger partial charge in [-0.15, -0.1) is 0 Å². The number of carbonyl (C=O) groups excluding carboxylic acids is 1. The first-order valence-corrected chi connectivity index (χ1v) is 9.89. The summed E-state index contributed by atoms with van der Waals surface area (Å²) in [4.78, 5) is 15.0. The molecule has 3 aromatic rings. The highest BCUT2D eigenvalue weighted by atomic mass is 19.1. The normalized spacial score (nSPS) is 17.5. The van der Waals surface area contributed by atoms with Gasteiger partial charge in [0.1, 0.15) is 5.82 Å². The van der Waals surface area contributed by atoms with Gasteiger partial charge in [-0.05, 0) is 59.5 Å². The SMILES string of the molecule is O=C(NCc1ccc2ccccc2c1)[C@H]1CCCN(Cc2ccc(F)cc2)C1. The van der Waals surface area contributed by atoms with E-state index in [0.29, 0.717) is 6.54 Å². The van der Waals surface area contributed by atoms with Gasteiger partial charge in [0.05, 0.1) is 5.92 Å². The summed E-state index contributed by atoms with van der Waals surface area (Å²) >= 11 is 0.